The van der Waals surface area contributed by atoms with Gasteiger partial charge in [-0.15, -0.1) is 0 Å². The van der Waals surface area contributed by atoms with E-state index in [0.717, 1.165) is 17.1 Å². The molecule has 4 nitrogen and oxygen atoms in total. The molecule has 0 bridgehead atoms. The maximum Gasteiger partial charge on any atom is 0.161 e. The molecule has 2 aliphatic rings. The minimum atomic E-state index is -0.0266. The second-order valence-electron chi connectivity index (χ2n) is 7.62. The molecule has 2 aliphatic heterocycles. The van der Waals surface area contributed by atoms with Crippen LogP contribution in [-0.4, -0.2) is 30.9 Å². The lowest BCUT2D eigenvalue weighted by Crippen LogP contribution is -2.08. The van der Waals surface area contributed by atoms with Crippen LogP contribution in [0.5, 0.6) is 11.5 Å². The third-order valence-electron chi connectivity index (χ3n) is 5.87. The molecule has 5 rings (SSSR count). The lowest BCUT2D eigenvalue weighted by molar-refractivity contribution is 0.351. The van der Waals surface area contributed by atoms with Crippen LogP contribution in [0.2, 0.25) is 0 Å². The molecule has 0 radical (unpaired) electrons. The summed E-state index contributed by atoms with van der Waals surface area (Å²) < 4.78 is 10.9. The molecule has 3 aromatic rings. The Morgan fingerprint density at radius 2 is 1.48 bits per heavy atom. The summed E-state index contributed by atoms with van der Waals surface area (Å²) >= 11 is 0. The molecule has 4 heteroatoms. The first-order valence-electron chi connectivity index (χ1n) is 9.90. The predicted octanol–water partition coefficient (Wildman–Crippen LogP) is 4.94. The number of aliphatic imine (C=N–C) groups is 1. The summed E-state index contributed by atoms with van der Waals surface area (Å²) in [6, 6.07) is 26.1. The van der Waals surface area contributed by atoms with Crippen LogP contribution in [-0.2, 0) is 0 Å². The molecule has 0 aromatic heterocycles. The number of benzene rings is 3. The van der Waals surface area contributed by atoms with Crippen LogP contribution in [0.15, 0.2) is 77.8 Å². The van der Waals surface area contributed by atoms with Gasteiger partial charge in [0.05, 0.1) is 32.0 Å². The summed E-state index contributed by atoms with van der Waals surface area (Å²) in [6.07, 6.45) is -0.0266. The fourth-order valence-electron chi connectivity index (χ4n) is 4.35. The van der Waals surface area contributed by atoms with Gasteiger partial charge in [0, 0.05) is 0 Å². The molecule has 0 N–H and O–H groups in total. The Hall–Kier alpha value is -3.11. The lowest BCUT2D eigenvalue weighted by atomic mass is 10.0. The van der Waals surface area contributed by atoms with E-state index in [1.807, 2.05) is 12.1 Å². The molecule has 4 atom stereocenters. The largest absolute Gasteiger partial charge is 0.493 e. The van der Waals surface area contributed by atoms with E-state index in [2.05, 4.69) is 72.5 Å². The number of rotatable bonds is 5. The quantitative estimate of drug-likeness (QED) is 0.584. The summed E-state index contributed by atoms with van der Waals surface area (Å²) in [5, 5.41) is 0. The Balaban J connectivity index is 1.57. The van der Waals surface area contributed by atoms with E-state index in [-0.39, 0.29) is 6.17 Å². The van der Waals surface area contributed by atoms with Gasteiger partial charge in [0.1, 0.15) is 6.17 Å². The fourth-order valence-corrected chi connectivity index (χ4v) is 4.35. The summed E-state index contributed by atoms with van der Waals surface area (Å²) in [5.41, 5.74) is 6.08. The Labute approximate surface area is 171 Å². The van der Waals surface area contributed by atoms with Crippen molar-refractivity contribution in [1.29, 1.82) is 0 Å². The first-order valence-corrected chi connectivity index (χ1v) is 9.90. The molecule has 2 heterocycles. The third-order valence-corrected chi connectivity index (χ3v) is 5.87. The highest BCUT2D eigenvalue weighted by molar-refractivity contribution is 6.08. The van der Waals surface area contributed by atoms with Gasteiger partial charge in [-0.2, -0.15) is 0 Å². The van der Waals surface area contributed by atoms with E-state index in [1.165, 1.54) is 22.4 Å². The lowest BCUT2D eigenvalue weighted by Gasteiger charge is -2.16. The highest BCUT2D eigenvalue weighted by Crippen LogP contribution is 2.56. The Kier molecular flexibility index (Phi) is 4.36. The van der Waals surface area contributed by atoms with E-state index in [9.17, 15) is 0 Å². The van der Waals surface area contributed by atoms with E-state index >= 15 is 0 Å². The van der Waals surface area contributed by atoms with Crippen molar-refractivity contribution in [3.63, 3.8) is 0 Å². The van der Waals surface area contributed by atoms with Gasteiger partial charge >= 0.3 is 0 Å². The molecule has 1 saturated heterocycles. The van der Waals surface area contributed by atoms with Gasteiger partial charge in [-0.25, -0.2) is 0 Å². The summed E-state index contributed by atoms with van der Waals surface area (Å²) in [5.74, 6) is 1.47. The maximum atomic E-state index is 5.53. The zero-order valence-electron chi connectivity index (χ0n) is 16.9. The van der Waals surface area contributed by atoms with Crippen molar-refractivity contribution in [2.75, 3.05) is 14.2 Å². The van der Waals surface area contributed by atoms with Crippen LogP contribution >= 0.6 is 0 Å². The topological polar surface area (TPSA) is 33.8 Å². The molecule has 0 amide bonds. The molecule has 1 fully saturated rings. The maximum absolute atomic E-state index is 5.53. The van der Waals surface area contributed by atoms with Gasteiger partial charge < -0.3 is 9.47 Å². The van der Waals surface area contributed by atoms with Crippen LogP contribution in [0.1, 0.15) is 34.5 Å². The monoisotopic (exact) mass is 384 g/mol. The van der Waals surface area contributed by atoms with Crippen molar-refractivity contribution in [3.05, 3.63) is 95.1 Å². The number of ether oxygens (including phenoxy) is 2. The molecule has 0 spiro atoms. The van der Waals surface area contributed by atoms with E-state index in [1.54, 1.807) is 14.2 Å². The fraction of sp³-hybridized carbons (Fsp3) is 0.240. The van der Waals surface area contributed by atoms with Gasteiger partial charge in [-0.05, 0) is 35.7 Å². The standard InChI is InChI=1S/C25H24N2O2/c1-16-9-11-17(12-10-16)22-24-23(18-7-5-4-6-8-18)27(24)25(26-22)19-13-14-20(28-2)21(15-19)29-3/h4-15,23-25H,1-3H3/t23-,24-,25-,27?/m1/s1. The number of nitrogens with zero attached hydrogens (tertiary/aromatic N) is 2. The van der Waals surface area contributed by atoms with Crippen molar-refractivity contribution in [2.45, 2.75) is 25.2 Å². The number of methoxy groups -OCH3 is 2. The molecule has 0 saturated carbocycles. The van der Waals surface area contributed by atoms with Crippen molar-refractivity contribution >= 4 is 5.71 Å². The van der Waals surface area contributed by atoms with Crippen LogP contribution in [0.3, 0.4) is 0 Å². The Morgan fingerprint density at radius 1 is 0.759 bits per heavy atom. The minimum Gasteiger partial charge on any atom is -0.493 e. The van der Waals surface area contributed by atoms with Gasteiger partial charge in [-0.3, -0.25) is 9.89 Å². The van der Waals surface area contributed by atoms with Crippen LogP contribution in [0.4, 0.5) is 0 Å². The highest BCUT2D eigenvalue weighted by atomic mass is 16.5. The first kappa shape index (κ1) is 18.0. The van der Waals surface area contributed by atoms with Gasteiger partial charge in [0.25, 0.3) is 0 Å². The number of hydrogen-bond donors (Lipinski definition) is 0. The summed E-state index contributed by atoms with van der Waals surface area (Å²) in [4.78, 5) is 7.62. The normalized spacial score (nSPS) is 24.6. The van der Waals surface area contributed by atoms with Gasteiger partial charge in [-0.1, -0.05) is 66.2 Å². The highest BCUT2D eigenvalue weighted by Gasteiger charge is 2.59. The van der Waals surface area contributed by atoms with Gasteiger partial charge in [0.15, 0.2) is 11.5 Å². The van der Waals surface area contributed by atoms with E-state index in [4.69, 9.17) is 14.5 Å². The molecule has 3 aromatic carbocycles. The summed E-state index contributed by atoms with van der Waals surface area (Å²) in [6.45, 7) is 2.11. The number of fused-ring (bicyclic) bond motifs is 1. The van der Waals surface area contributed by atoms with Gasteiger partial charge in [0.2, 0.25) is 0 Å². The predicted molar refractivity (Wildman–Crippen MR) is 115 cm³/mol. The molecule has 29 heavy (non-hydrogen) atoms. The number of hydrogen-bond acceptors (Lipinski definition) is 4. The average molecular weight is 384 g/mol. The Bertz CT molecular complexity index is 1060. The molecular weight excluding hydrogens is 360 g/mol. The SMILES string of the molecule is COc1ccc([C@@H]2N=C(c3ccc(C)cc3)[C@@H]3[C@@H](c4ccccc4)N32)cc1OC. The van der Waals surface area contributed by atoms with E-state index < -0.39 is 0 Å². The average Bonchev–Trinajstić information content (AvgIpc) is 3.38. The molecular formula is C25H24N2O2. The smallest absolute Gasteiger partial charge is 0.161 e. The van der Waals surface area contributed by atoms with Crippen molar-refractivity contribution in [2.24, 2.45) is 4.99 Å². The zero-order valence-corrected chi connectivity index (χ0v) is 16.9. The number of aryl methyl sites for hydroxylation is 1. The Morgan fingerprint density at radius 3 is 2.17 bits per heavy atom. The molecule has 0 aliphatic carbocycles. The van der Waals surface area contributed by atoms with Crippen LogP contribution in [0, 0.1) is 6.92 Å². The third kappa shape index (κ3) is 3.00. The van der Waals surface area contributed by atoms with Crippen molar-refractivity contribution < 1.29 is 9.47 Å². The zero-order chi connectivity index (χ0) is 20.0. The van der Waals surface area contributed by atoms with Crippen LogP contribution < -0.4 is 9.47 Å². The molecule has 1 unspecified atom stereocenters. The minimum absolute atomic E-state index is 0.0266. The van der Waals surface area contributed by atoms with Crippen molar-refractivity contribution in [1.82, 2.24) is 4.90 Å². The second kappa shape index (κ2) is 7.05. The molecule has 146 valence electrons. The second-order valence-corrected chi connectivity index (χ2v) is 7.62. The van der Waals surface area contributed by atoms with Crippen LogP contribution in [0.25, 0.3) is 0 Å². The van der Waals surface area contributed by atoms with E-state index in [0.29, 0.717) is 12.1 Å². The summed E-state index contributed by atoms with van der Waals surface area (Å²) in [7, 11) is 3.33. The van der Waals surface area contributed by atoms with Crippen molar-refractivity contribution in [3.8, 4) is 11.5 Å². The first-order chi connectivity index (χ1) is 14.2.